The summed E-state index contributed by atoms with van der Waals surface area (Å²) in [4.78, 5) is 11.1. The summed E-state index contributed by atoms with van der Waals surface area (Å²) in [5.41, 5.74) is 0.156. The van der Waals surface area contributed by atoms with Crippen molar-refractivity contribution in [2.75, 3.05) is 6.61 Å². The van der Waals surface area contributed by atoms with Crippen LogP contribution in [0.3, 0.4) is 0 Å². The van der Waals surface area contributed by atoms with Gasteiger partial charge in [-0.3, -0.25) is 0 Å². The Kier molecular flexibility index (Phi) is 8.19. The van der Waals surface area contributed by atoms with Crippen LogP contribution in [0.5, 0.6) is 0 Å². The minimum absolute atomic E-state index is 0.156. The number of hydrogen-bond acceptors (Lipinski definition) is 2. The number of rotatable bonds is 7. The normalized spacial score (nSPS) is 11.5. The van der Waals surface area contributed by atoms with Gasteiger partial charge in [-0.05, 0) is 19.8 Å². The van der Waals surface area contributed by atoms with E-state index in [1.165, 1.54) is 0 Å². The molecule has 0 saturated carbocycles. The van der Waals surface area contributed by atoms with Crippen molar-refractivity contribution < 1.29 is 13.9 Å². The quantitative estimate of drug-likeness (QED) is 0.359. The predicted octanol–water partition coefficient (Wildman–Crippen LogP) is 3.37. The Bertz CT molecular complexity index is 188. The molecule has 0 aromatic carbocycles. The van der Waals surface area contributed by atoms with Crippen molar-refractivity contribution in [3.8, 4) is 0 Å². The van der Waals surface area contributed by atoms with Gasteiger partial charge in [0.1, 0.15) is 0 Å². The Morgan fingerprint density at radius 2 is 2.00 bits per heavy atom. The molecule has 0 aliphatic heterocycles. The lowest BCUT2D eigenvalue weighted by molar-refractivity contribution is -0.138. The molecule has 0 aromatic heterocycles. The first-order valence-corrected chi connectivity index (χ1v) is 5.22. The first-order valence-electron chi connectivity index (χ1n) is 5.22. The van der Waals surface area contributed by atoms with Gasteiger partial charge in [0, 0.05) is 0 Å². The number of halogens is 1. The zero-order valence-corrected chi connectivity index (χ0v) is 9.01. The highest BCUT2D eigenvalue weighted by molar-refractivity contribution is 5.88. The van der Waals surface area contributed by atoms with Crippen LogP contribution < -0.4 is 0 Å². The third-order valence-corrected chi connectivity index (χ3v) is 1.97. The third-order valence-electron chi connectivity index (χ3n) is 1.97. The molecule has 0 fully saturated rings. The maximum Gasteiger partial charge on any atom is 0.336 e. The Balaban J connectivity index is 3.75. The van der Waals surface area contributed by atoms with Gasteiger partial charge in [-0.1, -0.05) is 26.2 Å². The number of unbranched alkanes of at least 4 members (excludes halogenated alkanes) is 3. The molecule has 0 unspecified atom stereocenters. The van der Waals surface area contributed by atoms with E-state index in [2.05, 4.69) is 6.92 Å². The molecule has 0 heterocycles. The Hall–Kier alpha value is -0.860. The molecule has 0 spiro atoms. The Labute approximate surface area is 85.1 Å². The van der Waals surface area contributed by atoms with Crippen LogP contribution in [0.4, 0.5) is 4.39 Å². The summed E-state index contributed by atoms with van der Waals surface area (Å²) in [6.07, 6.45) is 4.99. The molecule has 0 rings (SSSR count). The van der Waals surface area contributed by atoms with Crippen molar-refractivity contribution in [3.63, 3.8) is 0 Å². The molecule has 0 saturated heterocycles. The summed E-state index contributed by atoms with van der Waals surface area (Å²) >= 11 is 0. The van der Waals surface area contributed by atoms with E-state index < -0.39 is 5.97 Å². The topological polar surface area (TPSA) is 26.3 Å². The van der Waals surface area contributed by atoms with Gasteiger partial charge in [0.25, 0.3) is 0 Å². The molecule has 0 aromatic rings. The molecule has 0 aliphatic rings. The second kappa shape index (κ2) is 8.73. The van der Waals surface area contributed by atoms with E-state index in [0.717, 1.165) is 25.7 Å². The highest BCUT2D eigenvalue weighted by atomic mass is 19.1. The minimum atomic E-state index is -0.522. The van der Waals surface area contributed by atoms with Crippen LogP contribution in [-0.4, -0.2) is 12.6 Å². The molecule has 3 heteroatoms. The average Bonchev–Trinajstić information content (AvgIpc) is 2.18. The molecule has 2 nitrogen and oxygen atoms in total. The summed E-state index contributed by atoms with van der Waals surface area (Å²) < 4.78 is 17.0. The van der Waals surface area contributed by atoms with Crippen LogP contribution >= 0.6 is 0 Å². The summed E-state index contributed by atoms with van der Waals surface area (Å²) in [7, 11) is 0. The zero-order valence-electron chi connectivity index (χ0n) is 9.01. The highest BCUT2D eigenvalue weighted by Gasteiger charge is 2.09. The van der Waals surface area contributed by atoms with Crippen molar-refractivity contribution >= 4 is 5.97 Å². The third kappa shape index (κ3) is 5.73. The number of esters is 1. The first-order chi connectivity index (χ1) is 6.76. The van der Waals surface area contributed by atoms with Crippen LogP contribution in [0.15, 0.2) is 11.9 Å². The monoisotopic (exact) mass is 202 g/mol. The largest absolute Gasteiger partial charge is 0.463 e. The first kappa shape index (κ1) is 13.1. The number of carbonyl (C=O) groups is 1. The lowest BCUT2D eigenvalue weighted by atomic mass is 10.1. The Morgan fingerprint density at radius 1 is 1.29 bits per heavy atom. The minimum Gasteiger partial charge on any atom is -0.463 e. The summed E-state index contributed by atoms with van der Waals surface area (Å²) in [6.45, 7) is 4.12. The van der Waals surface area contributed by atoms with Crippen LogP contribution in [0.1, 0.15) is 46.0 Å². The zero-order chi connectivity index (χ0) is 10.8. The molecule has 0 amide bonds. The van der Waals surface area contributed by atoms with Gasteiger partial charge in [-0.15, -0.1) is 0 Å². The average molecular weight is 202 g/mol. The molecule has 14 heavy (non-hydrogen) atoms. The van der Waals surface area contributed by atoms with Crippen LogP contribution in [0.25, 0.3) is 0 Å². The lowest BCUT2D eigenvalue weighted by Crippen LogP contribution is -2.07. The maximum absolute atomic E-state index is 12.3. The predicted molar refractivity (Wildman–Crippen MR) is 54.6 cm³/mol. The van der Waals surface area contributed by atoms with Gasteiger partial charge in [-0.25, -0.2) is 9.18 Å². The molecule has 0 N–H and O–H groups in total. The maximum atomic E-state index is 12.3. The van der Waals surface area contributed by atoms with Gasteiger partial charge in [-0.2, -0.15) is 0 Å². The molecular weight excluding hydrogens is 183 g/mol. The molecular formula is C11H19FO2. The summed E-state index contributed by atoms with van der Waals surface area (Å²) in [5.74, 6) is -0.522. The van der Waals surface area contributed by atoms with Crippen molar-refractivity contribution in [3.05, 3.63) is 11.9 Å². The van der Waals surface area contributed by atoms with Crippen molar-refractivity contribution in [1.82, 2.24) is 0 Å². The van der Waals surface area contributed by atoms with Gasteiger partial charge in [0.05, 0.1) is 18.5 Å². The van der Waals surface area contributed by atoms with E-state index in [1.54, 1.807) is 6.92 Å². The molecule has 0 bridgehead atoms. The van der Waals surface area contributed by atoms with E-state index in [1.807, 2.05) is 0 Å². The van der Waals surface area contributed by atoms with Gasteiger partial charge in [0.15, 0.2) is 0 Å². The highest BCUT2D eigenvalue weighted by Crippen LogP contribution is 2.11. The van der Waals surface area contributed by atoms with E-state index in [9.17, 15) is 9.18 Å². The fraction of sp³-hybridized carbons (Fsp3) is 0.727. The molecule has 0 aliphatic carbocycles. The number of carbonyl (C=O) groups excluding carboxylic acids is 1. The smallest absolute Gasteiger partial charge is 0.336 e. The van der Waals surface area contributed by atoms with E-state index in [0.29, 0.717) is 19.4 Å². The fourth-order valence-electron chi connectivity index (χ4n) is 1.17. The molecule has 82 valence electrons. The standard InChI is InChI=1S/C11H19FO2/c1-3-5-6-7-8-10(9-12)11(13)14-4-2/h9H,3-8H2,1-2H3. The molecule has 0 atom stereocenters. The van der Waals surface area contributed by atoms with Crippen LogP contribution in [0.2, 0.25) is 0 Å². The van der Waals surface area contributed by atoms with E-state index >= 15 is 0 Å². The van der Waals surface area contributed by atoms with E-state index in [4.69, 9.17) is 4.74 Å². The van der Waals surface area contributed by atoms with Crippen molar-refractivity contribution in [2.24, 2.45) is 0 Å². The SMILES string of the molecule is CCCCCCC(=CF)C(=O)OCC. The van der Waals surface area contributed by atoms with Gasteiger partial charge < -0.3 is 4.74 Å². The number of ether oxygens (including phenoxy) is 1. The Morgan fingerprint density at radius 3 is 2.50 bits per heavy atom. The van der Waals surface area contributed by atoms with Gasteiger partial charge >= 0.3 is 5.97 Å². The van der Waals surface area contributed by atoms with E-state index in [-0.39, 0.29) is 5.57 Å². The van der Waals surface area contributed by atoms with Gasteiger partial charge in [0.2, 0.25) is 0 Å². The fourth-order valence-corrected chi connectivity index (χ4v) is 1.17. The summed E-state index contributed by atoms with van der Waals surface area (Å²) in [6, 6.07) is 0. The second-order valence-corrected chi connectivity index (χ2v) is 3.17. The summed E-state index contributed by atoms with van der Waals surface area (Å²) in [5, 5.41) is 0. The number of hydrogen-bond donors (Lipinski definition) is 0. The molecule has 0 radical (unpaired) electrons. The second-order valence-electron chi connectivity index (χ2n) is 3.17. The van der Waals surface area contributed by atoms with Crippen molar-refractivity contribution in [2.45, 2.75) is 46.0 Å². The van der Waals surface area contributed by atoms with Crippen LogP contribution in [0, 0.1) is 0 Å². The lowest BCUT2D eigenvalue weighted by Gasteiger charge is -2.04. The van der Waals surface area contributed by atoms with Crippen LogP contribution in [-0.2, 0) is 9.53 Å². The van der Waals surface area contributed by atoms with Crippen molar-refractivity contribution in [1.29, 1.82) is 0 Å².